The highest BCUT2D eigenvalue weighted by molar-refractivity contribution is 6.32. The predicted octanol–water partition coefficient (Wildman–Crippen LogP) is 3.81. The normalized spacial score (nSPS) is 26.2. The van der Waals surface area contributed by atoms with Crippen molar-refractivity contribution in [2.75, 3.05) is 39.8 Å². The quantitative estimate of drug-likeness (QED) is 0.0267. The Hall–Kier alpha value is -10.1. The van der Waals surface area contributed by atoms with Crippen molar-refractivity contribution in [2.45, 2.75) is 234 Å². The summed E-state index contributed by atoms with van der Waals surface area (Å²) in [5.41, 5.74) is 7.98. The minimum absolute atomic E-state index is 0.0880. The van der Waals surface area contributed by atoms with Crippen LogP contribution in [0.5, 0.6) is 46.0 Å². The van der Waals surface area contributed by atoms with Crippen LogP contribution in [-0.2, 0) is 65.7 Å². The Morgan fingerprint density at radius 3 is 1.97 bits per heavy atom. The molecule has 13 rings (SSSR count). The van der Waals surface area contributed by atoms with Crippen molar-refractivity contribution >= 4 is 70.5 Å². The molecule has 6 aromatic rings. The number of ether oxygens (including phenoxy) is 6. The number of carboxylic acids is 1. The lowest BCUT2D eigenvalue weighted by molar-refractivity contribution is -0.331. The molecule has 11 bridgehead atoms. The van der Waals surface area contributed by atoms with Gasteiger partial charge in [0.2, 0.25) is 53.4 Å². The van der Waals surface area contributed by atoms with Crippen LogP contribution in [0.1, 0.15) is 175 Å². The Balaban J connectivity index is 1.08. The summed E-state index contributed by atoms with van der Waals surface area (Å²) >= 11 is 14.4. The van der Waals surface area contributed by atoms with Crippen LogP contribution in [-0.4, -0.2) is 222 Å². The lowest BCUT2D eigenvalue weighted by Crippen LogP contribution is -2.66. The number of phenolic OH excluding ortho intramolecular Hbond substituents is 3. The second-order valence-corrected chi connectivity index (χ2v) is 33.2. The zero-order valence-corrected chi connectivity index (χ0v) is 71.0. The number of aromatic hydroxyl groups is 3. The summed E-state index contributed by atoms with van der Waals surface area (Å²) in [6.07, 6.45) is -2.98. The second-order valence-electron chi connectivity index (χ2n) is 32.4. The number of aryl methyl sites for hydroxylation is 1. The van der Waals surface area contributed by atoms with E-state index in [2.05, 4.69) is 65.1 Å². The summed E-state index contributed by atoms with van der Waals surface area (Å²) in [7, 11) is 1.49. The number of benzene rings is 5. The van der Waals surface area contributed by atoms with Crippen LogP contribution in [0, 0.1) is 5.92 Å². The standard InChI is InChI=1S/C85H112Cl2N14O23/c1-7-8-9-10-11-12-13-14-22-91-24-25-94-85(5)37-62(119-42(4)76(85)110)123-75-73(109)72(108)60(38-88)122-84(75)124-74-58-33-46-34-59(74)121-57-21-18-45(32-51(57)87)70(106)68-82(116)98-66(83(117)118)48-35-55(103)49(39-92-23-15-27-101-28-26-93-40-101)71(107)63(48)47-30-43(16-19-54(47)102)64(79(113)100-68)97-80(114)65(46)96-78(112)53(36-61(89)104)95-81(115)67(99-77(111)52(90-6)29-41(2)3)69(105)44-17-20-56(120-58)50(86)31-44/h16-21,26,28,30-35,40-42,52-53,60,62,64-70,72-73,75-76,84,90-92,94,102-103,105-110H,7-15,22-25,27,29,36-39,88H2,1-6H3,(H2,89,104)(H,95,115)(H,96,112)(H,97,114)(H,98,116)(H,99,111)(H,100,113)(H,117,118)/t42-,52+,53-,60+,62-,64+,65+,66-,67+,68-,69+,70+,72+,73-,75+,76+,84-,85-/m0/s1. The van der Waals surface area contributed by atoms with Gasteiger partial charge < -0.3 is 144 Å². The number of aliphatic carboxylic acids is 1. The van der Waals surface area contributed by atoms with Crippen LogP contribution in [0.4, 0.5) is 0 Å². The number of phenols is 3. The van der Waals surface area contributed by atoms with Crippen LogP contribution in [0.25, 0.3) is 11.1 Å². The van der Waals surface area contributed by atoms with Crippen LogP contribution in [0.3, 0.4) is 0 Å². The van der Waals surface area contributed by atoms with E-state index in [1.54, 1.807) is 32.6 Å². The largest absolute Gasteiger partial charge is 0.507 e. The van der Waals surface area contributed by atoms with E-state index in [0.717, 1.165) is 74.3 Å². The minimum atomic E-state index is -2.35. The number of nitrogens with two attached hydrogens (primary N) is 2. The molecule has 0 saturated carbocycles. The van der Waals surface area contributed by atoms with Gasteiger partial charge in [-0.15, -0.1) is 0 Å². The monoisotopic (exact) mass is 1770 g/mol. The molecule has 7 aliphatic heterocycles. The maximum Gasteiger partial charge on any atom is 0.330 e. The van der Waals surface area contributed by atoms with Gasteiger partial charge in [-0.1, -0.05) is 107 Å². The molecule has 2 saturated heterocycles. The van der Waals surface area contributed by atoms with Gasteiger partial charge in [0.1, 0.15) is 89.5 Å². The van der Waals surface area contributed by atoms with Crippen LogP contribution < -0.4 is 78.8 Å². The van der Waals surface area contributed by atoms with Crippen molar-refractivity contribution in [1.29, 1.82) is 0 Å². The Bertz CT molecular complexity index is 4780. The number of aliphatic hydroxyl groups excluding tert-OH is 5. The third-order valence-corrected chi connectivity index (χ3v) is 23.3. The molecule has 0 aliphatic carbocycles. The smallest absolute Gasteiger partial charge is 0.330 e. The number of aliphatic hydroxyl groups is 5. The first-order chi connectivity index (χ1) is 59.2. The molecule has 23 N–H and O–H groups in total. The van der Waals surface area contributed by atoms with Crippen LogP contribution in [0.15, 0.2) is 91.5 Å². The third-order valence-electron chi connectivity index (χ3n) is 22.7. The topological polar surface area (TPSA) is 564 Å². The molecule has 7 amide bonds. The average molecular weight is 1770 g/mol. The molecule has 7 aliphatic rings. The molecule has 0 unspecified atom stereocenters. The van der Waals surface area contributed by atoms with Crippen molar-refractivity contribution in [2.24, 2.45) is 17.4 Å². The van der Waals surface area contributed by atoms with E-state index in [1.807, 2.05) is 18.4 Å². The Labute approximate surface area is 725 Å². The van der Waals surface area contributed by atoms with Gasteiger partial charge in [-0.05, 0) is 136 Å². The van der Waals surface area contributed by atoms with Crippen molar-refractivity contribution in [3.05, 3.63) is 135 Å². The number of primary amides is 1. The van der Waals surface area contributed by atoms with Gasteiger partial charge in [-0.2, -0.15) is 0 Å². The zero-order chi connectivity index (χ0) is 89.5. The van der Waals surface area contributed by atoms with Crippen LogP contribution >= 0.6 is 23.2 Å². The number of aromatic nitrogens is 2. The van der Waals surface area contributed by atoms with Crippen molar-refractivity contribution in [1.82, 2.24) is 62.7 Å². The molecule has 39 heteroatoms. The van der Waals surface area contributed by atoms with Gasteiger partial charge in [0.25, 0.3) is 0 Å². The van der Waals surface area contributed by atoms with Gasteiger partial charge in [0.15, 0.2) is 29.9 Å². The molecule has 37 nitrogen and oxygen atoms in total. The number of hydrogen-bond donors (Lipinski definition) is 21. The Morgan fingerprint density at radius 2 is 1.34 bits per heavy atom. The molecular formula is C85H112Cl2N14O23. The van der Waals surface area contributed by atoms with Gasteiger partial charge in [0, 0.05) is 73.8 Å². The molecule has 0 radical (unpaired) electrons. The summed E-state index contributed by atoms with van der Waals surface area (Å²) < 4.78 is 41.7. The number of unbranched alkanes of at least 4 members (excludes halogenated alkanes) is 7. The first-order valence-corrected chi connectivity index (χ1v) is 42.4. The third kappa shape index (κ3) is 22.8. The number of fused-ring (bicyclic) bond motifs is 15. The number of imidazole rings is 1. The average Bonchev–Trinajstić information content (AvgIpc) is 0.811. The molecule has 18 atom stereocenters. The fourth-order valence-electron chi connectivity index (χ4n) is 15.9. The number of hydrogen-bond acceptors (Lipinski definition) is 28. The summed E-state index contributed by atoms with van der Waals surface area (Å²) in [6.45, 7) is 10.9. The Morgan fingerprint density at radius 1 is 0.702 bits per heavy atom. The number of rotatable bonds is 32. The highest BCUT2D eigenvalue weighted by Gasteiger charge is 2.52. The summed E-state index contributed by atoms with van der Waals surface area (Å²) in [6, 6.07) is -0.992. The highest BCUT2D eigenvalue weighted by Crippen LogP contribution is 2.51. The molecule has 5 aromatic carbocycles. The van der Waals surface area contributed by atoms with Gasteiger partial charge >= 0.3 is 5.97 Å². The summed E-state index contributed by atoms with van der Waals surface area (Å²) in [5.74, 6) is -15.6. The number of amides is 7. The van der Waals surface area contributed by atoms with E-state index < -0.39 is 231 Å². The lowest BCUT2D eigenvalue weighted by atomic mass is 9.85. The number of carbonyl (C=O) groups excluding carboxylic acids is 7. The van der Waals surface area contributed by atoms with Gasteiger partial charge in [0.05, 0.1) is 46.6 Å². The van der Waals surface area contributed by atoms with E-state index in [0.29, 0.717) is 26.1 Å². The van der Waals surface area contributed by atoms with E-state index in [9.17, 15) is 60.3 Å². The lowest BCUT2D eigenvalue weighted by Gasteiger charge is -2.48. The predicted molar refractivity (Wildman–Crippen MR) is 449 cm³/mol. The SMILES string of the molecule is CCCCCCCCCCNCCN[C@@]1(C)C[C@H](O[C@H]2[C@H](Oc3c4cc5cc3Oc3ccc(cc3Cl)[C@@H](O)[C@@H](NC(=O)[C@@H](CC(C)C)NC)C(=O)N[C@@H](CC(N)=O)C(=O)N[C@H]5C(=O)N[C@H]3C(=O)N[C@H](C(=O)N[C@H](C(=O)O)c5cc(O)c(CNCCCn6ccnc6)c(O)c5-c5cc3ccc5O)[C@H](O)c3ccc(c(Cl)c3)O4)O[C@H](CN)[C@@H](O)[C@@H]2O)O[C@@H](C)[C@H]1O. The first kappa shape index (κ1) is 94.6. The molecule has 0 spiro atoms. The summed E-state index contributed by atoms with van der Waals surface area (Å²) in [4.78, 5) is 124. The maximum absolute atomic E-state index is 16.4. The fraction of sp³-hybridized carbons (Fsp3) is 0.518. The second kappa shape index (κ2) is 42.7. The van der Waals surface area contributed by atoms with Crippen molar-refractivity contribution in [3.63, 3.8) is 0 Å². The zero-order valence-electron chi connectivity index (χ0n) is 69.5. The molecule has 124 heavy (non-hydrogen) atoms. The fourth-order valence-corrected chi connectivity index (χ4v) is 16.3. The molecule has 674 valence electrons. The van der Waals surface area contributed by atoms with E-state index >= 15 is 24.0 Å². The number of likely N-dealkylation sites (N-methyl/N-ethyl adjacent to an activating group) is 1. The maximum atomic E-state index is 16.4. The van der Waals surface area contributed by atoms with E-state index in [4.69, 9.17) is 63.1 Å². The van der Waals surface area contributed by atoms with Crippen molar-refractivity contribution in [3.8, 4) is 57.1 Å². The number of nitrogens with zero attached hydrogens (tertiary/aromatic N) is 2. The van der Waals surface area contributed by atoms with Crippen molar-refractivity contribution < 1.29 is 113 Å². The minimum Gasteiger partial charge on any atom is -0.507 e. The number of carbonyl (C=O) groups is 8. The Kier molecular flexibility index (Phi) is 32.6. The number of nitrogens with one attached hydrogen (secondary N) is 10. The van der Waals surface area contributed by atoms with E-state index in [1.165, 1.54) is 63.4 Å². The molecule has 2 fully saturated rings. The van der Waals surface area contributed by atoms with Crippen LogP contribution in [0.2, 0.25) is 10.0 Å². The number of halogens is 2. The first-order valence-electron chi connectivity index (χ1n) is 41.6. The summed E-state index contributed by atoms with van der Waals surface area (Å²) in [5, 5.41) is 136. The van der Waals surface area contributed by atoms with E-state index in [-0.39, 0.29) is 70.6 Å². The van der Waals surface area contributed by atoms with Gasteiger partial charge in [-0.25, -0.2) is 9.78 Å². The highest BCUT2D eigenvalue weighted by atomic mass is 35.5. The molecule has 1 aromatic heterocycles. The number of carboxylic acid groups (broad SMARTS) is 1. The molecule has 8 heterocycles. The van der Waals surface area contributed by atoms with Gasteiger partial charge in [-0.3, -0.25) is 33.6 Å². The molecular weight excluding hydrogens is 1660 g/mol.